The smallest absolute Gasteiger partial charge is 0.359 e. The number of nitrogens with one attached hydrogen (secondary N) is 2. The van der Waals surface area contributed by atoms with Gasteiger partial charge in [-0.05, 0) is 24.3 Å². The fourth-order valence-corrected chi connectivity index (χ4v) is 3.56. The number of rotatable bonds is 6. The zero-order valence-corrected chi connectivity index (χ0v) is 16.9. The molecular weight excluding hydrogens is 412 g/mol. The molecule has 11 heteroatoms. The highest BCUT2D eigenvalue weighted by molar-refractivity contribution is 7.89. The van der Waals surface area contributed by atoms with Gasteiger partial charge in [0.15, 0.2) is 12.3 Å². The van der Waals surface area contributed by atoms with Crippen LogP contribution < -0.4 is 10.9 Å². The maximum atomic E-state index is 12.3. The molecule has 1 amide bonds. The molecule has 0 fully saturated rings. The second-order valence-electron chi connectivity index (χ2n) is 6.39. The van der Waals surface area contributed by atoms with E-state index in [9.17, 15) is 22.8 Å². The first-order valence-corrected chi connectivity index (χ1v) is 10.1. The minimum absolute atomic E-state index is 0.00574. The lowest BCUT2D eigenvalue weighted by Gasteiger charge is -2.12. The number of hydrogen-bond donors (Lipinski definition) is 2. The summed E-state index contributed by atoms with van der Waals surface area (Å²) in [7, 11) is -0.867. The first-order chi connectivity index (χ1) is 14.2. The van der Waals surface area contributed by atoms with Gasteiger partial charge in [-0.2, -0.15) is 5.10 Å². The predicted octanol–water partition coefficient (Wildman–Crippen LogP) is 0.969. The number of ether oxygens (including phenoxy) is 1. The number of H-pyrrole nitrogens is 1. The zero-order chi connectivity index (χ0) is 21.9. The zero-order valence-electron chi connectivity index (χ0n) is 16.1. The molecule has 1 aromatic heterocycles. The molecule has 0 saturated heterocycles. The molecule has 3 aromatic rings. The van der Waals surface area contributed by atoms with Crippen molar-refractivity contribution in [3.8, 4) is 0 Å². The summed E-state index contributed by atoms with van der Waals surface area (Å²) in [6, 6.07) is 12.1. The van der Waals surface area contributed by atoms with Crippen LogP contribution in [0.25, 0.3) is 10.8 Å². The van der Waals surface area contributed by atoms with Crippen molar-refractivity contribution in [3.05, 3.63) is 64.6 Å². The third kappa shape index (κ3) is 4.36. The van der Waals surface area contributed by atoms with Crippen molar-refractivity contribution < 1.29 is 22.7 Å². The van der Waals surface area contributed by atoms with Gasteiger partial charge >= 0.3 is 5.97 Å². The van der Waals surface area contributed by atoms with E-state index in [1.165, 1.54) is 44.4 Å². The molecule has 0 spiro atoms. The van der Waals surface area contributed by atoms with Gasteiger partial charge in [-0.3, -0.25) is 9.59 Å². The quantitative estimate of drug-likeness (QED) is 0.556. The number of anilines is 1. The summed E-state index contributed by atoms with van der Waals surface area (Å²) in [4.78, 5) is 36.2. The molecule has 3 rings (SSSR count). The highest BCUT2D eigenvalue weighted by atomic mass is 32.2. The van der Waals surface area contributed by atoms with Crippen molar-refractivity contribution in [1.82, 2.24) is 14.5 Å². The fraction of sp³-hybridized carbons (Fsp3) is 0.158. The second-order valence-corrected chi connectivity index (χ2v) is 8.54. The first-order valence-electron chi connectivity index (χ1n) is 8.67. The number of benzene rings is 2. The number of fused-ring (bicyclic) bond motifs is 1. The Morgan fingerprint density at radius 1 is 1.10 bits per heavy atom. The fourth-order valence-electron chi connectivity index (χ4n) is 2.61. The Morgan fingerprint density at radius 2 is 1.80 bits per heavy atom. The highest BCUT2D eigenvalue weighted by Crippen LogP contribution is 2.18. The number of aromatic nitrogens is 2. The molecule has 2 aromatic carbocycles. The average Bonchev–Trinajstić information content (AvgIpc) is 2.72. The molecule has 2 N–H and O–H groups in total. The monoisotopic (exact) mass is 430 g/mol. The van der Waals surface area contributed by atoms with Crippen LogP contribution in [-0.2, 0) is 19.6 Å². The minimum atomic E-state index is -3.66. The molecule has 1 heterocycles. The number of nitrogens with zero attached hydrogens (tertiary/aromatic N) is 2. The van der Waals surface area contributed by atoms with Gasteiger partial charge in [-0.1, -0.05) is 24.3 Å². The lowest BCUT2D eigenvalue weighted by atomic mass is 10.1. The van der Waals surface area contributed by atoms with Crippen molar-refractivity contribution in [2.24, 2.45) is 0 Å². The number of hydrogen-bond acceptors (Lipinski definition) is 7. The summed E-state index contributed by atoms with van der Waals surface area (Å²) < 4.78 is 30.4. The number of aromatic amines is 1. The third-order valence-corrected chi connectivity index (χ3v) is 5.93. The van der Waals surface area contributed by atoms with E-state index in [1.54, 1.807) is 18.2 Å². The Bertz CT molecular complexity index is 1280. The van der Waals surface area contributed by atoms with Crippen molar-refractivity contribution in [3.63, 3.8) is 0 Å². The molecule has 0 atom stereocenters. The molecule has 0 bridgehead atoms. The van der Waals surface area contributed by atoms with Crippen LogP contribution in [-0.4, -0.2) is 55.5 Å². The van der Waals surface area contributed by atoms with E-state index in [1.807, 2.05) is 0 Å². The maximum absolute atomic E-state index is 12.3. The molecule has 0 aliphatic heterocycles. The molecule has 156 valence electrons. The Balaban J connectivity index is 1.70. The molecule has 0 aliphatic rings. The number of sulfonamides is 1. The lowest BCUT2D eigenvalue weighted by Crippen LogP contribution is -2.24. The van der Waals surface area contributed by atoms with E-state index in [4.69, 9.17) is 4.74 Å². The van der Waals surface area contributed by atoms with Crippen LogP contribution >= 0.6 is 0 Å². The van der Waals surface area contributed by atoms with Crippen LogP contribution in [0.3, 0.4) is 0 Å². The second kappa shape index (κ2) is 8.43. The van der Waals surface area contributed by atoms with E-state index < -0.39 is 34.1 Å². The molecule has 30 heavy (non-hydrogen) atoms. The summed E-state index contributed by atoms with van der Waals surface area (Å²) in [5.74, 6) is -1.56. The predicted molar refractivity (Wildman–Crippen MR) is 109 cm³/mol. The van der Waals surface area contributed by atoms with E-state index in [-0.39, 0.29) is 21.7 Å². The van der Waals surface area contributed by atoms with E-state index >= 15 is 0 Å². The van der Waals surface area contributed by atoms with Gasteiger partial charge in [0.05, 0.1) is 10.3 Å². The van der Waals surface area contributed by atoms with Crippen LogP contribution in [0.15, 0.2) is 58.2 Å². The summed E-state index contributed by atoms with van der Waals surface area (Å²) in [5.41, 5.74) is -0.351. The van der Waals surface area contributed by atoms with Crippen LogP contribution in [0.1, 0.15) is 10.5 Å². The number of carbonyl (C=O) groups excluding carboxylic acids is 2. The summed E-state index contributed by atoms with van der Waals surface area (Å²) in [6.45, 7) is -0.626. The van der Waals surface area contributed by atoms with Crippen molar-refractivity contribution in [1.29, 1.82) is 0 Å². The summed E-state index contributed by atoms with van der Waals surface area (Å²) in [6.07, 6.45) is 0. The van der Waals surface area contributed by atoms with Gasteiger partial charge in [0, 0.05) is 25.2 Å². The normalized spacial score (nSPS) is 11.4. The van der Waals surface area contributed by atoms with Gasteiger partial charge in [-0.25, -0.2) is 22.6 Å². The molecule has 0 radical (unpaired) electrons. The Hall–Kier alpha value is -3.57. The van der Waals surface area contributed by atoms with Crippen molar-refractivity contribution >= 4 is 38.4 Å². The van der Waals surface area contributed by atoms with Gasteiger partial charge in [0.25, 0.3) is 11.5 Å². The number of carbonyl (C=O) groups is 2. The Labute approximate surface area is 171 Å². The molecule has 10 nitrogen and oxygen atoms in total. The van der Waals surface area contributed by atoms with Crippen LogP contribution in [0.4, 0.5) is 5.69 Å². The van der Waals surface area contributed by atoms with Gasteiger partial charge < -0.3 is 10.1 Å². The first kappa shape index (κ1) is 21.1. The topological polar surface area (TPSA) is 139 Å². The van der Waals surface area contributed by atoms with Gasteiger partial charge in [0.1, 0.15) is 0 Å². The number of esters is 1. The van der Waals surface area contributed by atoms with E-state index in [2.05, 4.69) is 15.5 Å². The molecule has 0 aliphatic carbocycles. The average molecular weight is 430 g/mol. The molecular formula is C19H18N4O6S. The van der Waals surface area contributed by atoms with Gasteiger partial charge in [-0.15, -0.1) is 0 Å². The minimum Gasteiger partial charge on any atom is -0.451 e. The molecule has 0 unspecified atom stereocenters. The van der Waals surface area contributed by atoms with E-state index in [0.717, 1.165) is 4.31 Å². The maximum Gasteiger partial charge on any atom is 0.359 e. The third-order valence-electron chi connectivity index (χ3n) is 4.12. The Morgan fingerprint density at radius 3 is 2.50 bits per heavy atom. The summed E-state index contributed by atoms with van der Waals surface area (Å²) in [5, 5.41) is 8.96. The standard InChI is InChI=1S/C19H18N4O6S/c1-23(2)30(27,28)13-7-5-6-12(10-13)20-16(24)11-29-19(26)17-14-8-3-4-9-15(14)18(25)22-21-17/h3-10H,11H2,1-2H3,(H,20,24)(H,22,25). The SMILES string of the molecule is CN(C)S(=O)(=O)c1cccc(NC(=O)COC(=O)c2n[nH]c(=O)c3ccccc23)c1. The van der Waals surface area contributed by atoms with Crippen molar-refractivity contribution in [2.45, 2.75) is 4.90 Å². The van der Waals surface area contributed by atoms with Crippen LogP contribution in [0, 0.1) is 0 Å². The van der Waals surface area contributed by atoms with Crippen LogP contribution in [0.2, 0.25) is 0 Å². The lowest BCUT2D eigenvalue weighted by molar-refractivity contribution is -0.119. The largest absolute Gasteiger partial charge is 0.451 e. The summed E-state index contributed by atoms with van der Waals surface area (Å²) >= 11 is 0. The van der Waals surface area contributed by atoms with E-state index in [0.29, 0.717) is 5.39 Å². The van der Waals surface area contributed by atoms with Crippen LogP contribution in [0.5, 0.6) is 0 Å². The number of amides is 1. The highest BCUT2D eigenvalue weighted by Gasteiger charge is 2.19. The van der Waals surface area contributed by atoms with Crippen molar-refractivity contribution in [2.75, 3.05) is 26.0 Å². The molecule has 0 saturated carbocycles. The Kier molecular flexibility index (Phi) is 5.94. The van der Waals surface area contributed by atoms with Gasteiger partial charge in [0.2, 0.25) is 10.0 Å².